The molecule has 0 N–H and O–H groups in total. The van der Waals surface area contributed by atoms with Gasteiger partial charge in [-0.15, -0.1) is 0 Å². The largest absolute Gasteiger partial charge is 0.461 e. The highest BCUT2D eigenvalue weighted by Gasteiger charge is 2.71. The lowest BCUT2D eigenvalue weighted by atomic mass is 9.34. The molecule has 0 amide bonds. The van der Waals surface area contributed by atoms with Crippen molar-refractivity contribution in [2.45, 2.75) is 147 Å². The second-order valence-corrected chi connectivity index (χ2v) is 19.6. The summed E-state index contributed by atoms with van der Waals surface area (Å²) < 4.78 is 20.3. The lowest BCUT2D eigenvalue weighted by molar-refractivity contribution is -0.255. The molecule has 11 atom stereocenters. The molecule has 5 aliphatic rings. The van der Waals surface area contributed by atoms with Crippen LogP contribution >= 0.6 is 0 Å². The maximum absolute atomic E-state index is 14.7. The molecule has 4 nitrogen and oxygen atoms in total. The van der Waals surface area contributed by atoms with Crippen LogP contribution in [0.25, 0.3) is 0 Å². The Bertz CT molecular complexity index is 1390. The van der Waals surface area contributed by atoms with E-state index in [9.17, 15) is 4.79 Å². The van der Waals surface area contributed by atoms with Gasteiger partial charge in [-0.2, -0.15) is 0 Å². The Morgan fingerprint density at radius 3 is 2.26 bits per heavy atom. The number of esters is 1. The zero-order chi connectivity index (χ0) is 36.3. The van der Waals surface area contributed by atoms with E-state index in [1.807, 2.05) is 18.2 Å². The molecule has 0 spiro atoms. The summed E-state index contributed by atoms with van der Waals surface area (Å²) in [5.41, 5.74) is 2.78. The van der Waals surface area contributed by atoms with Crippen molar-refractivity contribution >= 4 is 5.97 Å². The molecule has 0 aromatic heterocycles. The molecule has 3 saturated carbocycles. The summed E-state index contributed by atoms with van der Waals surface area (Å²) in [6.07, 6.45) is 13.1. The van der Waals surface area contributed by atoms with E-state index in [4.69, 9.17) is 14.2 Å². The number of allylic oxidation sites excluding steroid dienone is 1. The van der Waals surface area contributed by atoms with Crippen LogP contribution in [0.5, 0.6) is 0 Å². The molecular weight excluding hydrogens is 617 g/mol. The first kappa shape index (κ1) is 38.1. The SMILES string of the molecule is CCC(CC)(CC)CO[C@H]1[C@H](C)C[C@@]23COC[C@@]1(C)[C@@H]2CC[C@H]1C3=CC[C@@]2(C)[C@H](C(=O)OCc3ccccc3)[C@@](C)([C@H](C)C(C)C)CC[C@]12C. The second kappa shape index (κ2) is 13.6. The Morgan fingerprint density at radius 2 is 1.62 bits per heavy atom. The van der Waals surface area contributed by atoms with Crippen molar-refractivity contribution in [1.82, 2.24) is 0 Å². The quantitative estimate of drug-likeness (QED) is 0.171. The Morgan fingerprint density at radius 1 is 0.940 bits per heavy atom. The van der Waals surface area contributed by atoms with E-state index in [-0.39, 0.29) is 50.5 Å². The summed E-state index contributed by atoms with van der Waals surface area (Å²) in [7, 11) is 0. The van der Waals surface area contributed by atoms with E-state index in [0.717, 1.165) is 51.1 Å². The van der Waals surface area contributed by atoms with E-state index in [1.165, 1.54) is 32.1 Å². The average molecular weight is 689 g/mol. The Kier molecular flexibility index (Phi) is 10.4. The third-order valence-corrected chi connectivity index (χ3v) is 17.4. The third kappa shape index (κ3) is 5.61. The van der Waals surface area contributed by atoms with Crippen molar-refractivity contribution in [3.05, 3.63) is 47.5 Å². The van der Waals surface area contributed by atoms with Gasteiger partial charge in [0.1, 0.15) is 6.61 Å². The standard InChI is InChI=1S/C46H72O4/c1-12-45(13-2,14-3)29-50-39-32(6)26-46-30-48-28-42(39,9)37(46)21-20-35-36(46)22-23-44(11)38(40(47)49-27-34-18-16-15-17-19-34)41(8,33(7)31(4)5)24-25-43(35,44)10/h15-19,22,31-33,35,37-39H,12-14,20-21,23-30H2,1-11H3/t32-,33-,35+,37+,38-,39+,41-,42+,43-,44+,46+/m1/s1. The highest BCUT2D eigenvalue weighted by molar-refractivity contribution is 5.75. The van der Waals surface area contributed by atoms with Gasteiger partial charge in [0.25, 0.3) is 0 Å². The van der Waals surface area contributed by atoms with Gasteiger partial charge in [-0.3, -0.25) is 4.79 Å². The average Bonchev–Trinajstić information content (AvgIpc) is 3.09. The van der Waals surface area contributed by atoms with Crippen molar-refractivity contribution in [1.29, 1.82) is 0 Å². The highest BCUT2D eigenvalue weighted by Crippen LogP contribution is 2.75. The van der Waals surface area contributed by atoms with E-state index < -0.39 is 0 Å². The molecule has 1 aromatic carbocycles. The Balaban J connectivity index is 1.36. The number of hydrogen-bond acceptors (Lipinski definition) is 4. The summed E-state index contributed by atoms with van der Waals surface area (Å²) in [4.78, 5) is 14.7. The van der Waals surface area contributed by atoms with Crippen molar-refractivity contribution < 1.29 is 19.0 Å². The lowest BCUT2D eigenvalue weighted by Crippen LogP contribution is -2.69. The smallest absolute Gasteiger partial charge is 0.310 e. The monoisotopic (exact) mass is 689 g/mol. The van der Waals surface area contributed by atoms with Gasteiger partial charge < -0.3 is 14.2 Å². The lowest BCUT2D eigenvalue weighted by Gasteiger charge is -2.71. The fraction of sp³-hybridized carbons (Fsp3) is 0.804. The number of fused-ring (bicyclic) bond motifs is 3. The van der Waals surface area contributed by atoms with E-state index in [0.29, 0.717) is 36.2 Å². The molecule has 2 bridgehead atoms. The molecule has 4 aliphatic carbocycles. The number of carbonyl (C=O) groups excluding carboxylic acids is 1. The van der Waals surface area contributed by atoms with Crippen LogP contribution in [0.3, 0.4) is 0 Å². The van der Waals surface area contributed by atoms with Crippen molar-refractivity contribution in [3.8, 4) is 0 Å². The van der Waals surface area contributed by atoms with Gasteiger partial charge in [0.15, 0.2) is 0 Å². The molecule has 4 heteroatoms. The van der Waals surface area contributed by atoms with Crippen LogP contribution in [0.15, 0.2) is 42.0 Å². The van der Waals surface area contributed by atoms with Crippen molar-refractivity contribution in [2.75, 3.05) is 19.8 Å². The summed E-state index contributed by atoms with van der Waals surface area (Å²) in [6, 6.07) is 10.2. The molecular formula is C46H72O4. The van der Waals surface area contributed by atoms with Crippen LogP contribution in [-0.2, 0) is 25.6 Å². The molecule has 0 unspecified atom stereocenters. The molecule has 1 saturated heterocycles. The van der Waals surface area contributed by atoms with Crippen LogP contribution in [0.2, 0.25) is 0 Å². The van der Waals surface area contributed by atoms with Crippen LogP contribution in [0, 0.1) is 68.0 Å². The fourth-order valence-electron chi connectivity index (χ4n) is 13.5. The number of benzene rings is 1. The fourth-order valence-corrected chi connectivity index (χ4v) is 13.5. The van der Waals surface area contributed by atoms with Crippen LogP contribution < -0.4 is 0 Å². The number of hydrogen-bond donors (Lipinski definition) is 0. The van der Waals surface area contributed by atoms with E-state index >= 15 is 0 Å². The molecule has 50 heavy (non-hydrogen) atoms. The Labute approximate surface area is 306 Å². The first-order valence-corrected chi connectivity index (χ1v) is 20.7. The summed E-state index contributed by atoms with van der Waals surface area (Å²) in [6.45, 7) is 29.4. The Hall–Kier alpha value is -1.65. The molecule has 1 heterocycles. The number of carbonyl (C=O) groups is 1. The summed E-state index contributed by atoms with van der Waals surface area (Å²) in [5.74, 6) is 2.28. The molecule has 1 aliphatic heterocycles. The van der Waals surface area contributed by atoms with Gasteiger partial charge >= 0.3 is 5.97 Å². The van der Waals surface area contributed by atoms with Gasteiger partial charge in [-0.05, 0) is 115 Å². The maximum Gasteiger partial charge on any atom is 0.310 e. The predicted octanol–water partition coefficient (Wildman–Crippen LogP) is 11.5. The highest BCUT2D eigenvalue weighted by atomic mass is 16.5. The summed E-state index contributed by atoms with van der Waals surface area (Å²) in [5, 5.41) is 0. The van der Waals surface area contributed by atoms with E-state index in [2.05, 4.69) is 94.4 Å². The second-order valence-electron chi connectivity index (χ2n) is 19.6. The molecule has 4 fully saturated rings. The molecule has 6 rings (SSSR count). The van der Waals surface area contributed by atoms with Gasteiger partial charge in [0.05, 0.1) is 31.8 Å². The predicted molar refractivity (Wildman–Crippen MR) is 204 cm³/mol. The van der Waals surface area contributed by atoms with Crippen LogP contribution in [0.1, 0.15) is 140 Å². The van der Waals surface area contributed by atoms with Crippen LogP contribution in [0.4, 0.5) is 0 Å². The van der Waals surface area contributed by atoms with Gasteiger partial charge in [0, 0.05) is 10.8 Å². The first-order valence-electron chi connectivity index (χ1n) is 20.7. The molecule has 280 valence electrons. The van der Waals surface area contributed by atoms with E-state index in [1.54, 1.807) is 5.57 Å². The van der Waals surface area contributed by atoms with Gasteiger partial charge in [-0.25, -0.2) is 0 Å². The number of ether oxygens (including phenoxy) is 3. The third-order valence-electron chi connectivity index (χ3n) is 17.4. The van der Waals surface area contributed by atoms with Gasteiger partial charge in [-0.1, -0.05) is 118 Å². The molecule has 1 aromatic rings. The first-order chi connectivity index (χ1) is 23.6. The maximum atomic E-state index is 14.7. The number of rotatable bonds is 11. The van der Waals surface area contributed by atoms with Gasteiger partial charge in [0.2, 0.25) is 0 Å². The summed E-state index contributed by atoms with van der Waals surface area (Å²) >= 11 is 0. The molecule has 0 radical (unpaired) electrons. The van der Waals surface area contributed by atoms with Crippen molar-refractivity contribution in [3.63, 3.8) is 0 Å². The minimum atomic E-state index is -0.191. The minimum Gasteiger partial charge on any atom is -0.461 e. The van der Waals surface area contributed by atoms with Crippen LogP contribution in [-0.4, -0.2) is 31.9 Å². The topological polar surface area (TPSA) is 44.8 Å². The zero-order valence-electron chi connectivity index (χ0n) is 33.8. The minimum absolute atomic E-state index is 0.00591. The normalized spacial score (nSPS) is 41.8. The zero-order valence-corrected chi connectivity index (χ0v) is 33.8. The van der Waals surface area contributed by atoms with Crippen molar-refractivity contribution in [2.24, 2.45) is 68.0 Å².